The Morgan fingerprint density at radius 1 is 1.30 bits per heavy atom. The summed E-state index contributed by atoms with van der Waals surface area (Å²) in [7, 11) is 0. The Balaban J connectivity index is 1.39. The molecular formula is C20H22N6O. The Kier molecular flexibility index (Phi) is 4.55. The molecule has 138 valence electrons. The molecule has 0 bridgehead atoms. The van der Waals surface area contributed by atoms with Gasteiger partial charge in [0.15, 0.2) is 5.69 Å². The minimum atomic E-state index is -0.0720. The molecule has 0 radical (unpaired) electrons. The van der Waals surface area contributed by atoms with Crippen molar-refractivity contribution < 1.29 is 4.79 Å². The van der Waals surface area contributed by atoms with Gasteiger partial charge in [0.25, 0.3) is 0 Å². The lowest BCUT2D eigenvalue weighted by Crippen LogP contribution is -2.40. The van der Waals surface area contributed by atoms with Crippen LogP contribution in [-0.2, 0) is 19.6 Å². The summed E-state index contributed by atoms with van der Waals surface area (Å²) in [6.45, 7) is 5.28. The van der Waals surface area contributed by atoms with Crippen LogP contribution in [0.25, 0.3) is 10.9 Å². The molecule has 1 aliphatic rings. The zero-order valence-electron chi connectivity index (χ0n) is 15.4. The van der Waals surface area contributed by atoms with Crippen molar-refractivity contribution >= 4 is 16.9 Å². The zero-order valence-corrected chi connectivity index (χ0v) is 15.4. The van der Waals surface area contributed by atoms with Gasteiger partial charge in [-0.1, -0.05) is 18.2 Å². The van der Waals surface area contributed by atoms with E-state index in [1.165, 1.54) is 16.6 Å². The second kappa shape index (κ2) is 7.16. The Labute approximate surface area is 157 Å². The number of carbonyl (C=O) groups excluding carboxylic acids is 1. The van der Waals surface area contributed by atoms with Crippen molar-refractivity contribution in [1.29, 1.82) is 5.26 Å². The molecule has 1 N–H and O–H groups in total. The maximum absolute atomic E-state index is 12.6. The first kappa shape index (κ1) is 17.2. The Morgan fingerprint density at radius 2 is 2.15 bits per heavy atom. The molecule has 0 aliphatic carbocycles. The van der Waals surface area contributed by atoms with Gasteiger partial charge in [0, 0.05) is 37.4 Å². The van der Waals surface area contributed by atoms with Crippen molar-refractivity contribution in [2.75, 3.05) is 13.1 Å². The normalized spacial score (nSPS) is 13.9. The first-order valence-electron chi connectivity index (χ1n) is 9.20. The van der Waals surface area contributed by atoms with E-state index in [0.29, 0.717) is 25.3 Å². The predicted octanol–water partition coefficient (Wildman–Crippen LogP) is 2.63. The topological polar surface area (TPSA) is 78.9 Å². The highest BCUT2D eigenvalue weighted by Gasteiger charge is 2.20. The first-order valence-corrected chi connectivity index (χ1v) is 9.20. The number of aromatic nitrogens is 3. The van der Waals surface area contributed by atoms with Gasteiger partial charge < -0.3 is 14.8 Å². The number of amides is 2. The molecule has 2 aromatic heterocycles. The van der Waals surface area contributed by atoms with Gasteiger partial charge in [-0.2, -0.15) is 10.4 Å². The number of carbonyl (C=O) groups is 1. The number of benzene rings is 1. The van der Waals surface area contributed by atoms with Crippen LogP contribution < -0.4 is 5.32 Å². The van der Waals surface area contributed by atoms with Crippen LogP contribution in [0.1, 0.15) is 23.5 Å². The summed E-state index contributed by atoms with van der Waals surface area (Å²) in [6, 6.07) is 14.2. The molecule has 1 aliphatic heterocycles. The fraction of sp³-hybridized carbons (Fsp3) is 0.350. The van der Waals surface area contributed by atoms with Crippen molar-refractivity contribution in [2.24, 2.45) is 0 Å². The highest BCUT2D eigenvalue weighted by Crippen LogP contribution is 2.19. The van der Waals surface area contributed by atoms with Crippen LogP contribution in [-0.4, -0.2) is 38.4 Å². The summed E-state index contributed by atoms with van der Waals surface area (Å²) in [5.74, 6) is 0. The highest BCUT2D eigenvalue weighted by molar-refractivity contribution is 5.81. The standard InChI is InChI=1S/C20H22N6O/c1-15-11-16-5-2-3-6-19(16)25(15)10-7-22-20(27)24-8-4-9-26-18(14-24)12-17(13-21)23-26/h2-3,5-6,11-12H,4,7-10,14H2,1H3,(H,22,27). The van der Waals surface area contributed by atoms with Crippen LogP contribution >= 0.6 is 0 Å². The third kappa shape index (κ3) is 3.38. The number of nitrogens with one attached hydrogen (secondary N) is 1. The van der Waals surface area contributed by atoms with E-state index in [2.05, 4.69) is 46.2 Å². The fourth-order valence-corrected chi connectivity index (χ4v) is 3.72. The molecule has 3 aromatic rings. The van der Waals surface area contributed by atoms with E-state index < -0.39 is 0 Å². The van der Waals surface area contributed by atoms with Gasteiger partial charge in [0.2, 0.25) is 0 Å². The molecular weight excluding hydrogens is 340 g/mol. The largest absolute Gasteiger partial charge is 0.343 e. The average Bonchev–Trinajstić information content (AvgIpc) is 3.14. The van der Waals surface area contributed by atoms with E-state index in [0.717, 1.165) is 25.2 Å². The number of nitriles is 1. The van der Waals surface area contributed by atoms with Crippen molar-refractivity contribution in [2.45, 2.75) is 33.0 Å². The van der Waals surface area contributed by atoms with Gasteiger partial charge in [0.05, 0.1) is 12.2 Å². The highest BCUT2D eigenvalue weighted by atomic mass is 16.2. The van der Waals surface area contributed by atoms with Crippen molar-refractivity contribution in [1.82, 2.24) is 24.6 Å². The molecule has 1 aromatic carbocycles. The van der Waals surface area contributed by atoms with Crippen LogP contribution in [0.15, 0.2) is 36.4 Å². The SMILES string of the molecule is Cc1cc2ccccc2n1CCNC(=O)N1CCCn2nc(C#N)cc2C1. The number of para-hydroxylation sites is 1. The monoisotopic (exact) mass is 362 g/mol. The number of aryl methyl sites for hydroxylation is 2. The average molecular weight is 362 g/mol. The molecule has 4 rings (SSSR count). The molecule has 0 unspecified atom stereocenters. The number of hydrogen-bond donors (Lipinski definition) is 1. The number of rotatable bonds is 3. The van der Waals surface area contributed by atoms with Gasteiger partial charge >= 0.3 is 6.03 Å². The van der Waals surface area contributed by atoms with Gasteiger partial charge in [-0.15, -0.1) is 0 Å². The van der Waals surface area contributed by atoms with Crippen molar-refractivity contribution in [3.05, 3.63) is 53.5 Å². The van der Waals surface area contributed by atoms with Gasteiger partial charge in [-0.3, -0.25) is 4.68 Å². The lowest BCUT2D eigenvalue weighted by atomic mass is 10.2. The Morgan fingerprint density at radius 3 is 3.00 bits per heavy atom. The zero-order chi connectivity index (χ0) is 18.8. The van der Waals surface area contributed by atoms with Crippen molar-refractivity contribution in [3.63, 3.8) is 0 Å². The maximum atomic E-state index is 12.6. The number of nitrogens with zero attached hydrogens (tertiary/aromatic N) is 5. The molecule has 0 atom stereocenters. The lowest BCUT2D eigenvalue weighted by Gasteiger charge is -2.21. The molecule has 0 spiro atoms. The smallest absolute Gasteiger partial charge is 0.317 e. The third-order valence-electron chi connectivity index (χ3n) is 5.05. The molecule has 0 fully saturated rings. The molecule has 0 saturated heterocycles. The van der Waals surface area contributed by atoms with E-state index in [4.69, 9.17) is 5.26 Å². The quantitative estimate of drug-likeness (QED) is 0.778. The maximum Gasteiger partial charge on any atom is 0.317 e. The van der Waals surface area contributed by atoms with Crippen molar-refractivity contribution in [3.8, 4) is 6.07 Å². The number of hydrogen-bond acceptors (Lipinski definition) is 3. The summed E-state index contributed by atoms with van der Waals surface area (Å²) in [4.78, 5) is 14.4. The predicted molar refractivity (Wildman–Crippen MR) is 102 cm³/mol. The van der Waals surface area contributed by atoms with Crippen LogP contribution in [0.3, 0.4) is 0 Å². The van der Waals surface area contributed by atoms with E-state index >= 15 is 0 Å². The molecule has 2 amide bonds. The van der Waals surface area contributed by atoms with Crippen LogP contribution in [0.5, 0.6) is 0 Å². The van der Waals surface area contributed by atoms with Crippen LogP contribution in [0, 0.1) is 18.3 Å². The minimum absolute atomic E-state index is 0.0720. The molecule has 0 saturated carbocycles. The fourth-order valence-electron chi connectivity index (χ4n) is 3.72. The second-order valence-electron chi connectivity index (χ2n) is 6.86. The van der Waals surface area contributed by atoms with Gasteiger partial charge in [-0.25, -0.2) is 4.79 Å². The van der Waals surface area contributed by atoms with E-state index in [1.807, 2.05) is 16.8 Å². The molecule has 7 heteroatoms. The summed E-state index contributed by atoms with van der Waals surface area (Å²) >= 11 is 0. The summed E-state index contributed by atoms with van der Waals surface area (Å²) in [5, 5.41) is 17.5. The van der Waals surface area contributed by atoms with Gasteiger partial charge in [0.1, 0.15) is 6.07 Å². The molecule has 27 heavy (non-hydrogen) atoms. The van der Waals surface area contributed by atoms with E-state index in [1.54, 1.807) is 11.0 Å². The summed E-state index contributed by atoms with van der Waals surface area (Å²) < 4.78 is 4.06. The minimum Gasteiger partial charge on any atom is -0.343 e. The third-order valence-corrected chi connectivity index (χ3v) is 5.05. The second-order valence-corrected chi connectivity index (χ2v) is 6.86. The summed E-state index contributed by atoms with van der Waals surface area (Å²) in [6.07, 6.45) is 0.828. The molecule has 3 heterocycles. The summed E-state index contributed by atoms with van der Waals surface area (Å²) in [5.41, 5.74) is 3.69. The lowest BCUT2D eigenvalue weighted by molar-refractivity contribution is 0.195. The van der Waals surface area contributed by atoms with Crippen LogP contribution in [0.4, 0.5) is 4.79 Å². The first-order chi connectivity index (χ1) is 13.2. The van der Waals surface area contributed by atoms with E-state index in [-0.39, 0.29) is 6.03 Å². The Bertz CT molecular complexity index is 1020. The Hall–Kier alpha value is -3.27. The van der Waals surface area contributed by atoms with Gasteiger partial charge in [-0.05, 0) is 36.9 Å². The van der Waals surface area contributed by atoms with Crippen LogP contribution in [0.2, 0.25) is 0 Å². The van der Waals surface area contributed by atoms with E-state index in [9.17, 15) is 4.79 Å². The molecule has 7 nitrogen and oxygen atoms in total. The number of fused-ring (bicyclic) bond motifs is 2. The number of urea groups is 1.